The van der Waals surface area contributed by atoms with Crippen LogP contribution < -0.4 is 14.8 Å². The quantitative estimate of drug-likeness (QED) is 0.162. The number of rotatable bonds is 8. The maximum Gasteiger partial charge on any atom is 0.317 e. The lowest BCUT2D eigenvalue weighted by molar-refractivity contribution is -0.700. The van der Waals surface area contributed by atoms with Gasteiger partial charge in [-0.1, -0.05) is 54.6 Å². The first-order valence-corrected chi connectivity index (χ1v) is 15.7. The van der Waals surface area contributed by atoms with Crippen molar-refractivity contribution in [3.63, 3.8) is 0 Å². The summed E-state index contributed by atoms with van der Waals surface area (Å²) in [6, 6.07) is 34.0. The van der Waals surface area contributed by atoms with Crippen LogP contribution in [0.3, 0.4) is 0 Å². The third-order valence-corrected chi connectivity index (χ3v) is 9.09. The number of aromatic nitrogens is 2. The van der Waals surface area contributed by atoms with E-state index in [1.54, 1.807) is 0 Å². The van der Waals surface area contributed by atoms with E-state index in [9.17, 15) is 9.59 Å². The normalized spacial score (nSPS) is 13.4. The summed E-state index contributed by atoms with van der Waals surface area (Å²) < 4.78 is 3.05. The molecule has 9 heteroatoms. The fraction of sp³-hybridized carbons (Fsp3) is 0.182. The second-order valence-corrected chi connectivity index (χ2v) is 12.0. The summed E-state index contributed by atoms with van der Waals surface area (Å²) >= 11 is 4.99. The van der Waals surface area contributed by atoms with Gasteiger partial charge >= 0.3 is 5.16 Å². The molecule has 42 heavy (non-hydrogen) atoms. The summed E-state index contributed by atoms with van der Waals surface area (Å²) in [5, 5.41) is 3.98. The Bertz CT molecular complexity index is 1700. The van der Waals surface area contributed by atoms with E-state index >= 15 is 0 Å². The number of carbonyl (C=O) groups excluding carboxylic acids is 2. The number of imidazole rings is 1. The molecule has 1 aliphatic heterocycles. The number of amides is 2. The van der Waals surface area contributed by atoms with Gasteiger partial charge in [0.2, 0.25) is 5.91 Å². The number of nitrogens with one attached hydrogen (secondary N) is 2. The number of hydrogen-bond donors (Lipinski definition) is 2. The van der Waals surface area contributed by atoms with Crippen LogP contribution in [-0.2, 0) is 11.3 Å². The number of nitrogens with zero attached hydrogens (tertiary/aromatic N) is 3. The minimum absolute atomic E-state index is 0.0519. The van der Waals surface area contributed by atoms with Crippen LogP contribution in [0.4, 0.5) is 11.4 Å². The van der Waals surface area contributed by atoms with Crippen LogP contribution >= 0.6 is 27.7 Å². The molecule has 2 heterocycles. The Hall–Kier alpha value is -4.08. The third-order valence-electron chi connectivity index (χ3n) is 7.39. The minimum atomic E-state index is -0.0585. The van der Waals surface area contributed by atoms with Gasteiger partial charge in [-0.2, -0.15) is 0 Å². The van der Waals surface area contributed by atoms with Gasteiger partial charge in [0.15, 0.2) is 11.0 Å². The number of piperazine rings is 1. The molecule has 0 spiro atoms. The average Bonchev–Trinajstić information content (AvgIpc) is 3.38. The Kier molecular flexibility index (Phi) is 8.58. The average molecular weight is 642 g/mol. The number of fused-ring (bicyclic) bond motifs is 1. The molecule has 0 radical (unpaired) electrons. The van der Waals surface area contributed by atoms with Gasteiger partial charge < -0.3 is 15.1 Å². The van der Waals surface area contributed by atoms with E-state index < -0.39 is 0 Å². The number of halogens is 1. The van der Waals surface area contributed by atoms with Gasteiger partial charge in [-0.25, -0.2) is 9.55 Å². The number of benzene rings is 4. The molecule has 1 aliphatic rings. The predicted octanol–water partition coefficient (Wildman–Crippen LogP) is 5.96. The maximum atomic E-state index is 12.9. The molecule has 212 valence electrons. The molecule has 7 nitrogen and oxygen atoms in total. The smallest absolute Gasteiger partial charge is 0.317 e. The van der Waals surface area contributed by atoms with Crippen molar-refractivity contribution < 1.29 is 14.2 Å². The first kappa shape index (κ1) is 28.1. The zero-order valence-corrected chi connectivity index (χ0v) is 25.4. The van der Waals surface area contributed by atoms with Gasteiger partial charge in [0.25, 0.3) is 5.91 Å². The monoisotopic (exact) mass is 640 g/mol. The zero-order valence-electron chi connectivity index (χ0n) is 23.0. The number of anilines is 2. The van der Waals surface area contributed by atoms with Crippen LogP contribution in [0.25, 0.3) is 11.0 Å². The molecular weight excluding hydrogens is 610 g/mol. The van der Waals surface area contributed by atoms with Crippen molar-refractivity contribution in [2.45, 2.75) is 11.7 Å². The first-order chi connectivity index (χ1) is 20.5. The number of thioether (sulfide) groups is 1. The van der Waals surface area contributed by atoms with Gasteiger partial charge in [0.1, 0.15) is 6.54 Å². The van der Waals surface area contributed by atoms with Crippen molar-refractivity contribution in [3.8, 4) is 0 Å². The minimum Gasteiger partial charge on any atom is -0.368 e. The van der Waals surface area contributed by atoms with Crippen molar-refractivity contribution in [2.24, 2.45) is 0 Å². The predicted molar refractivity (Wildman–Crippen MR) is 172 cm³/mol. The maximum absolute atomic E-state index is 12.9. The van der Waals surface area contributed by atoms with E-state index in [1.807, 2.05) is 83.8 Å². The van der Waals surface area contributed by atoms with Crippen LogP contribution in [0.1, 0.15) is 15.9 Å². The summed E-state index contributed by atoms with van der Waals surface area (Å²) in [5.41, 5.74) is 5.90. The highest BCUT2D eigenvalue weighted by molar-refractivity contribution is 9.10. The topological polar surface area (TPSA) is 72.3 Å². The standard InChI is InChI=1S/C33H30BrN5O2S/c34-28-11-5-4-10-27(28)32(41)38-20-18-37(19-21-38)26-16-14-25(15-17-26)35-31(40)23-42-33-36-29-12-6-7-13-30(29)39(33)22-24-8-2-1-3-9-24/h1-17H,18-23H2,(H,35,40)/p+1. The van der Waals surface area contributed by atoms with E-state index in [4.69, 9.17) is 0 Å². The largest absolute Gasteiger partial charge is 0.368 e. The van der Waals surface area contributed by atoms with Crippen molar-refractivity contribution in [3.05, 3.63) is 119 Å². The molecule has 1 fully saturated rings. The lowest BCUT2D eigenvalue weighted by Crippen LogP contribution is -2.48. The summed E-state index contributed by atoms with van der Waals surface area (Å²) in [6.07, 6.45) is 0. The highest BCUT2D eigenvalue weighted by Crippen LogP contribution is 2.23. The second kappa shape index (κ2) is 12.8. The molecule has 1 saturated heterocycles. The molecule has 0 atom stereocenters. The Labute approximate surface area is 257 Å². The fourth-order valence-electron chi connectivity index (χ4n) is 5.20. The Morgan fingerprint density at radius 1 is 0.833 bits per heavy atom. The van der Waals surface area contributed by atoms with Crippen LogP contribution in [0.5, 0.6) is 0 Å². The van der Waals surface area contributed by atoms with Gasteiger partial charge in [-0.15, -0.1) is 0 Å². The fourth-order valence-corrected chi connectivity index (χ4v) is 6.50. The molecule has 0 bridgehead atoms. The van der Waals surface area contributed by atoms with E-state index in [-0.39, 0.29) is 17.6 Å². The zero-order chi connectivity index (χ0) is 28.9. The lowest BCUT2D eigenvalue weighted by Gasteiger charge is -2.36. The lowest BCUT2D eigenvalue weighted by atomic mass is 10.1. The molecule has 1 aromatic heterocycles. The van der Waals surface area contributed by atoms with Crippen molar-refractivity contribution in [1.29, 1.82) is 0 Å². The highest BCUT2D eigenvalue weighted by Gasteiger charge is 2.24. The number of para-hydroxylation sites is 2. The summed E-state index contributed by atoms with van der Waals surface area (Å²) in [7, 11) is 0. The van der Waals surface area contributed by atoms with Crippen molar-refractivity contribution in [1.82, 2.24) is 9.88 Å². The van der Waals surface area contributed by atoms with Gasteiger partial charge in [0, 0.05) is 42.0 Å². The van der Waals surface area contributed by atoms with E-state index in [0.717, 1.165) is 51.7 Å². The van der Waals surface area contributed by atoms with Crippen LogP contribution in [0, 0.1) is 0 Å². The molecule has 0 unspecified atom stereocenters. The van der Waals surface area contributed by atoms with Crippen molar-refractivity contribution >= 4 is 61.9 Å². The van der Waals surface area contributed by atoms with Gasteiger partial charge in [-0.05, 0) is 81.8 Å². The Morgan fingerprint density at radius 3 is 2.29 bits per heavy atom. The first-order valence-electron chi connectivity index (χ1n) is 13.9. The van der Waals surface area contributed by atoms with Crippen molar-refractivity contribution in [2.75, 3.05) is 42.1 Å². The molecule has 2 amide bonds. The van der Waals surface area contributed by atoms with E-state index in [0.29, 0.717) is 18.7 Å². The molecule has 0 aliphatic carbocycles. The SMILES string of the molecule is O=C(CSc1[nH]c2ccccc2[n+]1Cc1ccccc1)Nc1ccc(N2CCN(C(=O)c3ccccc3Br)CC2)cc1. The summed E-state index contributed by atoms with van der Waals surface area (Å²) in [5.74, 6) is 0.282. The molecule has 5 aromatic rings. The third kappa shape index (κ3) is 6.37. The molecule has 6 rings (SSSR count). The number of H-pyrrole nitrogens is 1. The summed E-state index contributed by atoms with van der Waals surface area (Å²) in [6.45, 7) is 3.56. The molecule has 2 N–H and O–H groups in total. The highest BCUT2D eigenvalue weighted by atomic mass is 79.9. The molecule has 4 aromatic carbocycles. The summed E-state index contributed by atoms with van der Waals surface area (Å²) in [4.78, 5) is 33.5. The second-order valence-electron chi connectivity index (χ2n) is 10.2. The Balaban J connectivity index is 1.04. The van der Waals surface area contributed by atoms with Gasteiger partial charge in [-0.3, -0.25) is 9.59 Å². The number of carbonyl (C=O) groups is 2. The van der Waals surface area contributed by atoms with E-state index in [2.05, 4.69) is 60.0 Å². The van der Waals surface area contributed by atoms with Gasteiger partial charge in [0.05, 0.1) is 11.3 Å². The van der Waals surface area contributed by atoms with Crippen LogP contribution in [-0.4, -0.2) is 53.6 Å². The van der Waals surface area contributed by atoms with Crippen LogP contribution in [0.2, 0.25) is 0 Å². The molecule has 0 saturated carbocycles. The van der Waals surface area contributed by atoms with E-state index in [1.165, 1.54) is 17.3 Å². The number of aromatic amines is 1. The Morgan fingerprint density at radius 2 is 1.52 bits per heavy atom. The van der Waals surface area contributed by atoms with Crippen LogP contribution in [0.15, 0.2) is 113 Å². The molecular formula is C33H31BrN5O2S+. The number of hydrogen-bond acceptors (Lipinski definition) is 4.